The Kier molecular flexibility index (Phi) is 6.22. The molecule has 2 aromatic rings. The molecule has 5 nitrogen and oxygen atoms in total. The summed E-state index contributed by atoms with van der Waals surface area (Å²) in [7, 11) is 0. The van der Waals surface area contributed by atoms with Crippen molar-refractivity contribution >= 4 is 11.8 Å². The van der Waals surface area contributed by atoms with Crippen molar-refractivity contribution in [3.05, 3.63) is 65.7 Å². The van der Waals surface area contributed by atoms with Gasteiger partial charge in [-0.1, -0.05) is 18.2 Å². The van der Waals surface area contributed by atoms with Crippen molar-refractivity contribution in [1.29, 1.82) is 0 Å². The highest BCUT2D eigenvalue weighted by atomic mass is 19.1. The molecule has 0 saturated carbocycles. The third kappa shape index (κ3) is 5.11. The zero-order chi connectivity index (χ0) is 18.3. The standard InChI is InChI=1S/C19H22FN3O2/c1-19(2,18(25)23-13-14-7-10-21-11-8-14)17(24)22-12-9-15-5-3-4-6-16(15)20/h3-8,10-11H,9,12-13H2,1-2H3,(H,22,24)(H,23,25). The molecule has 2 N–H and O–H groups in total. The van der Waals surface area contributed by atoms with E-state index in [2.05, 4.69) is 15.6 Å². The maximum atomic E-state index is 13.6. The molecule has 0 aliphatic heterocycles. The van der Waals surface area contributed by atoms with Crippen LogP contribution < -0.4 is 10.6 Å². The van der Waals surface area contributed by atoms with Gasteiger partial charge in [-0.25, -0.2) is 4.39 Å². The molecule has 0 radical (unpaired) electrons. The smallest absolute Gasteiger partial charge is 0.235 e. The van der Waals surface area contributed by atoms with Gasteiger partial charge in [-0.3, -0.25) is 14.6 Å². The van der Waals surface area contributed by atoms with Crippen molar-refractivity contribution in [2.75, 3.05) is 6.54 Å². The van der Waals surface area contributed by atoms with Crippen LogP contribution >= 0.6 is 0 Å². The van der Waals surface area contributed by atoms with Gasteiger partial charge in [0.15, 0.2) is 0 Å². The molecular weight excluding hydrogens is 321 g/mol. The predicted molar refractivity (Wildman–Crippen MR) is 93.0 cm³/mol. The first-order valence-corrected chi connectivity index (χ1v) is 8.10. The van der Waals surface area contributed by atoms with Gasteiger partial charge >= 0.3 is 0 Å². The third-order valence-electron chi connectivity index (χ3n) is 3.98. The number of carbonyl (C=O) groups excluding carboxylic acids is 2. The van der Waals surface area contributed by atoms with Gasteiger partial charge in [-0.05, 0) is 49.6 Å². The van der Waals surface area contributed by atoms with Gasteiger partial charge in [0.25, 0.3) is 0 Å². The van der Waals surface area contributed by atoms with E-state index in [0.29, 0.717) is 18.5 Å². The zero-order valence-corrected chi connectivity index (χ0v) is 14.4. The Morgan fingerprint density at radius 1 is 1.04 bits per heavy atom. The van der Waals surface area contributed by atoms with E-state index in [9.17, 15) is 14.0 Å². The zero-order valence-electron chi connectivity index (χ0n) is 14.4. The molecule has 132 valence electrons. The molecule has 25 heavy (non-hydrogen) atoms. The van der Waals surface area contributed by atoms with Crippen LogP contribution in [0.3, 0.4) is 0 Å². The van der Waals surface area contributed by atoms with Crippen LogP contribution in [0.15, 0.2) is 48.8 Å². The highest BCUT2D eigenvalue weighted by molar-refractivity contribution is 6.04. The van der Waals surface area contributed by atoms with Crippen molar-refractivity contribution in [2.24, 2.45) is 5.41 Å². The van der Waals surface area contributed by atoms with Gasteiger partial charge in [0.1, 0.15) is 11.2 Å². The molecule has 2 rings (SSSR count). The van der Waals surface area contributed by atoms with Gasteiger partial charge < -0.3 is 10.6 Å². The van der Waals surface area contributed by atoms with Crippen LogP contribution in [0.4, 0.5) is 4.39 Å². The van der Waals surface area contributed by atoms with E-state index in [-0.39, 0.29) is 18.3 Å². The number of hydrogen-bond donors (Lipinski definition) is 2. The van der Waals surface area contributed by atoms with E-state index in [1.54, 1.807) is 56.6 Å². The van der Waals surface area contributed by atoms with E-state index < -0.39 is 11.3 Å². The molecule has 0 aliphatic rings. The summed E-state index contributed by atoms with van der Waals surface area (Å²) in [5.74, 6) is -1.06. The minimum atomic E-state index is -1.22. The number of halogens is 1. The maximum Gasteiger partial charge on any atom is 0.235 e. The molecule has 0 bridgehead atoms. The molecule has 0 fully saturated rings. The van der Waals surface area contributed by atoms with Crippen LogP contribution in [0.25, 0.3) is 0 Å². The quantitative estimate of drug-likeness (QED) is 0.757. The molecule has 1 heterocycles. The summed E-state index contributed by atoms with van der Waals surface area (Å²) in [6, 6.07) is 10.0. The van der Waals surface area contributed by atoms with E-state index >= 15 is 0 Å². The second-order valence-electron chi connectivity index (χ2n) is 6.26. The Morgan fingerprint density at radius 3 is 2.36 bits per heavy atom. The molecule has 0 spiro atoms. The number of aromatic nitrogens is 1. The summed E-state index contributed by atoms with van der Waals surface area (Å²) in [4.78, 5) is 28.5. The minimum Gasteiger partial charge on any atom is -0.355 e. The summed E-state index contributed by atoms with van der Waals surface area (Å²) < 4.78 is 13.6. The van der Waals surface area contributed by atoms with Crippen molar-refractivity contribution in [1.82, 2.24) is 15.6 Å². The van der Waals surface area contributed by atoms with E-state index in [0.717, 1.165) is 5.56 Å². The molecule has 6 heteroatoms. The number of carbonyl (C=O) groups is 2. The van der Waals surface area contributed by atoms with Gasteiger partial charge in [-0.15, -0.1) is 0 Å². The lowest BCUT2D eigenvalue weighted by Crippen LogP contribution is -2.48. The topological polar surface area (TPSA) is 71.1 Å². The first-order chi connectivity index (χ1) is 11.9. The van der Waals surface area contributed by atoms with Gasteiger partial charge in [0.2, 0.25) is 11.8 Å². The van der Waals surface area contributed by atoms with Crippen LogP contribution in [-0.4, -0.2) is 23.3 Å². The molecule has 0 unspecified atom stereocenters. The van der Waals surface area contributed by atoms with Crippen molar-refractivity contribution in [2.45, 2.75) is 26.8 Å². The number of pyridine rings is 1. The summed E-state index contributed by atoms with van der Waals surface area (Å²) in [5, 5.41) is 5.45. The first-order valence-electron chi connectivity index (χ1n) is 8.10. The van der Waals surface area contributed by atoms with Crippen molar-refractivity contribution in [3.63, 3.8) is 0 Å². The number of nitrogens with one attached hydrogen (secondary N) is 2. The maximum absolute atomic E-state index is 13.6. The van der Waals surface area contributed by atoms with E-state index in [1.165, 1.54) is 6.07 Å². The van der Waals surface area contributed by atoms with Crippen LogP contribution in [-0.2, 0) is 22.6 Å². The van der Waals surface area contributed by atoms with Gasteiger partial charge in [0.05, 0.1) is 0 Å². The average molecular weight is 343 g/mol. The van der Waals surface area contributed by atoms with Gasteiger partial charge in [0, 0.05) is 25.5 Å². The molecule has 0 saturated heterocycles. The lowest BCUT2D eigenvalue weighted by Gasteiger charge is -2.22. The lowest BCUT2D eigenvalue weighted by molar-refractivity contribution is -0.141. The van der Waals surface area contributed by atoms with E-state index in [1.807, 2.05) is 0 Å². The predicted octanol–water partition coefficient (Wildman–Crippen LogP) is 2.22. The number of nitrogens with zero attached hydrogens (tertiary/aromatic N) is 1. The Balaban J connectivity index is 1.84. The third-order valence-corrected chi connectivity index (χ3v) is 3.98. The van der Waals surface area contributed by atoms with Crippen LogP contribution in [0.5, 0.6) is 0 Å². The summed E-state index contributed by atoms with van der Waals surface area (Å²) in [5.41, 5.74) is 0.212. The molecular formula is C19H22FN3O2. The second kappa shape index (κ2) is 8.37. The highest BCUT2D eigenvalue weighted by Gasteiger charge is 2.35. The van der Waals surface area contributed by atoms with Crippen molar-refractivity contribution in [3.8, 4) is 0 Å². The van der Waals surface area contributed by atoms with Crippen LogP contribution in [0.2, 0.25) is 0 Å². The molecule has 0 aliphatic carbocycles. The molecule has 0 atom stereocenters. The summed E-state index contributed by atoms with van der Waals surface area (Å²) in [6.45, 7) is 3.72. The van der Waals surface area contributed by atoms with Crippen LogP contribution in [0.1, 0.15) is 25.0 Å². The lowest BCUT2D eigenvalue weighted by atomic mass is 9.91. The van der Waals surface area contributed by atoms with E-state index in [4.69, 9.17) is 0 Å². The normalized spacial score (nSPS) is 11.0. The van der Waals surface area contributed by atoms with Crippen molar-refractivity contribution < 1.29 is 14.0 Å². The summed E-state index contributed by atoms with van der Waals surface area (Å²) in [6.07, 6.45) is 3.65. The number of hydrogen-bond acceptors (Lipinski definition) is 3. The first kappa shape index (κ1) is 18.6. The monoisotopic (exact) mass is 343 g/mol. The fourth-order valence-corrected chi connectivity index (χ4v) is 2.24. The molecule has 1 aromatic carbocycles. The molecule has 2 amide bonds. The Bertz CT molecular complexity index is 732. The fourth-order valence-electron chi connectivity index (χ4n) is 2.24. The van der Waals surface area contributed by atoms with Gasteiger partial charge in [-0.2, -0.15) is 0 Å². The summed E-state index contributed by atoms with van der Waals surface area (Å²) >= 11 is 0. The Morgan fingerprint density at radius 2 is 1.68 bits per heavy atom. The SMILES string of the molecule is CC(C)(C(=O)NCCc1ccccc1F)C(=O)NCc1ccncc1. The van der Waals surface area contributed by atoms with Crippen LogP contribution in [0, 0.1) is 11.2 Å². The molecule has 1 aromatic heterocycles. The highest BCUT2D eigenvalue weighted by Crippen LogP contribution is 2.16. The fraction of sp³-hybridized carbons (Fsp3) is 0.316. The largest absolute Gasteiger partial charge is 0.355 e. The Hall–Kier alpha value is -2.76. The number of amides is 2. The number of benzene rings is 1. The minimum absolute atomic E-state index is 0.265. The Labute approximate surface area is 146 Å². The number of rotatable bonds is 7. The second-order valence-corrected chi connectivity index (χ2v) is 6.26. The average Bonchev–Trinajstić information content (AvgIpc) is 2.62.